The molecule has 0 bridgehead atoms. The molecule has 2 atom stereocenters. The Morgan fingerprint density at radius 2 is 2.18 bits per heavy atom. The van der Waals surface area contributed by atoms with Gasteiger partial charge in [0.15, 0.2) is 0 Å². The molecule has 1 heterocycles. The number of hydrogen-bond acceptors (Lipinski definition) is 4. The highest BCUT2D eigenvalue weighted by atomic mass is 16.3. The third-order valence-electron chi connectivity index (χ3n) is 3.49. The van der Waals surface area contributed by atoms with Crippen molar-refractivity contribution < 1.29 is 5.11 Å². The second-order valence-electron chi connectivity index (χ2n) is 4.77. The van der Waals surface area contributed by atoms with E-state index in [0.717, 1.165) is 31.6 Å². The molecule has 4 nitrogen and oxygen atoms in total. The fourth-order valence-electron chi connectivity index (χ4n) is 2.50. The van der Waals surface area contributed by atoms with Crippen LogP contribution in [0.2, 0.25) is 0 Å². The maximum atomic E-state index is 9.84. The molecule has 0 aromatic carbocycles. The third kappa shape index (κ3) is 3.97. The van der Waals surface area contributed by atoms with Crippen molar-refractivity contribution in [1.29, 1.82) is 0 Å². The summed E-state index contributed by atoms with van der Waals surface area (Å²) in [5.41, 5.74) is 0. The molecule has 1 aliphatic rings. The molecule has 94 valence electrons. The molecule has 1 fully saturated rings. The molecule has 2 unspecified atom stereocenters. The summed E-state index contributed by atoms with van der Waals surface area (Å²) in [7, 11) is 0. The second kappa shape index (κ2) is 6.55. The lowest BCUT2D eigenvalue weighted by Gasteiger charge is -2.27. The van der Waals surface area contributed by atoms with Gasteiger partial charge in [-0.1, -0.05) is 12.8 Å². The number of aliphatic hydroxyl groups excluding tert-OH is 1. The van der Waals surface area contributed by atoms with Gasteiger partial charge in [0.1, 0.15) is 5.82 Å². The quantitative estimate of drug-likeness (QED) is 0.768. The zero-order chi connectivity index (χ0) is 11.9. The number of nitrogens with one attached hydrogen (secondary N) is 1. The number of anilines is 1. The predicted molar refractivity (Wildman–Crippen MR) is 67.7 cm³/mol. The molecule has 0 amide bonds. The van der Waals surface area contributed by atoms with E-state index in [1.807, 2.05) is 0 Å². The molecular formula is C13H21N3O. The van der Waals surface area contributed by atoms with Crippen LogP contribution >= 0.6 is 0 Å². The summed E-state index contributed by atoms with van der Waals surface area (Å²) < 4.78 is 0. The summed E-state index contributed by atoms with van der Waals surface area (Å²) in [6, 6.07) is 0. The molecule has 0 saturated heterocycles. The van der Waals surface area contributed by atoms with Crippen molar-refractivity contribution in [2.45, 2.75) is 44.6 Å². The van der Waals surface area contributed by atoms with Crippen LogP contribution in [0, 0.1) is 5.92 Å². The number of hydrogen-bond donors (Lipinski definition) is 2. The van der Waals surface area contributed by atoms with Crippen LogP contribution in [-0.4, -0.2) is 27.7 Å². The highest BCUT2D eigenvalue weighted by Crippen LogP contribution is 2.27. The first kappa shape index (κ1) is 12.3. The first-order valence-corrected chi connectivity index (χ1v) is 6.54. The lowest BCUT2D eigenvalue weighted by molar-refractivity contribution is 0.0648. The number of rotatable bonds is 5. The molecule has 1 aromatic heterocycles. The Hall–Kier alpha value is -1.16. The highest BCUT2D eigenvalue weighted by Gasteiger charge is 2.21. The van der Waals surface area contributed by atoms with Crippen molar-refractivity contribution in [3.8, 4) is 0 Å². The standard InChI is InChI=1S/C13H21N3O/c17-12-6-2-1-4-11(12)5-3-7-15-13-10-14-8-9-16-13/h8-12,17H,1-7H2,(H,15,16). The van der Waals surface area contributed by atoms with Gasteiger partial charge in [0.25, 0.3) is 0 Å². The first-order chi connectivity index (χ1) is 8.36. The van der Waals surface area contributed by atoms with Crippen molar-refractivity contribution in [2.75, 3.05) is 11.9 Å². The normalized spacial score (nSPS) is 24.5. The minimum atomic E-state index is -0.0692. The molecule has 2 rings (SSSR count). The first-order valence-electron chi connectivity index (χ1n) is 6.54. The molecule has 2 N–H and O–H groups in total. The van der Waals surface area contributed by atoms with Crippen LogP contribution in [0.5, 0.6) is 0 Å². The van der Waals surface area contributed by atoms with Gasteiger partial charge in [0.05, 0.1) is 12.3 Å². The van der Waals surface area contributed by atoms with Gasteiger partial charge < -0.3 is 10.4 Å². The van der Waals surface area contributed by atoms with Crippen LogP contribution < -0.4 is 5.32 Å². The predicted octanol–water partition coefficient (Wildman–Crippen LogP) is 2.22. The van der Waals surface area contributed by atoms with E-state index < -0.39 is 0 Å². The molecule has 0 spiro atoms. The Bertz CT molecular complexity index is 318. The summed E-state index contributed by atoms with van der Waals surface area (Å²) in [6.45, 7) is 0.905. The molecule has 0 radical (unpaired) electrons. The number of aliphatic hydroxyl groups is 1. The minimum absolute atomic E-state index is 0.0692. The van der Waals surface area contributed by atoms with E-state index in [2.05, 4.69) is 15.3 Å². The second-order valence-corrected chi connectivity index (χ2v) is 4.77. The summed E-state index contributed by atoms with van der Waals surface area (Å²) >= 11 is 0. The molecule has 1 aromatic rings. The Morgan fingerprint density at radius 1 is 1.29 bits per heavy atom. The van der Waals surface area contributed by atoms with Gasteiger partial charge in [-0.2, -0.15) is 0 Å². The van der Waals surface area contributed by atoms with Crippen molar-refractivity contribution in [3.63, 3.8) is 0 Å². The van der Waals surface area contributed by atoms with E-state index in [-0.39, 0.29) is 6.10 Å². The van der Waals surface area contributed by atoms with Crippen LogP contribution in [0.3, 0.4) is 0 Å². The molecule has 17 heavy (non-hydrogen) atoms. The lowest BCUT2D eigenvalue weighted by atomic mass is 9.83. The van der Waals surface area contributed by atoms with Gasteiger partial charge >= 0.3 is 0 Å². The molecule has 0 aliphatic heterocycles. The summed E-state index contributed by atoms with van der Waals surface area (Å²) in [5, 5.41) is 13.1. The topological polar surface area (TPSA) is 58.0 Å². The van der Waals surface area contributed by atoms with Gasteiger partial charge in [0.2, 0.25) is 0 Å². The maximum Gasteiger partial charge on any atom is 0.144 e. The highest BCUT2D eigenvalue weighted by molar-refractivity contribution is 5.29. The zero-order valence-electron chi connectivity index (χ0n) is 10.2. The van der Waals surface area contributed by atoms with E-state index in [9.17, 15) is 5.11 Å². The SMILES string of the molecule is OC1CCCCC1CCCNc1cnccn1. The van der Waals surface area contributed by atoms with Gasteiger partial charge in [-0.3, -0.25) is 4.98 Å². The van der Waals surface area contributed by atoms with Crippen molar-refractivity contribution in [2.24, 2.45) is 5.92 Å². The summed E-state index contributed by atoms with van der Waals surface area (Å²) in [5.74, 6) is 1.34. The monoisotopic (exact) mass is 235 g/mol. The van der Waals surface area contributed by atoms with Gasteiger partial charge in [-0.15, -0.1) is 0 Å². The largest absolute Gasteiger partial charge is 0.393 e. The van der Waals surface area contributed by atoms with Crippen molar-refractivity contribution in [3.05, 3.63) is 18.6 Å². The van der Waals surface area contributed by atoms with E-state index in [4.69, 9.17) is 0 Å². The molecule has 1 saturated carbocycles. The summed E-state index contributed by atoms with van der Waals surface area (Å²) in [6.07, 6.45) is 11.8. The average Bonchev–Trinajstić information content (AvgIpc) is 2.38. The average molecular weight is 235 g/mol. The van der Waals surface area contributed by atoms with E-state index >= 15 is 0 Å². The molecular weight excluding hydrogens is 214 g/mol. The van der Waals surface area contributed by atoms with Gasteiger partial charge in [-0.25, -0.2) is 4.98 Å². The van der Waals surface area contributed by atoms with Gasteiger partial charge in [-0.05, 0) is 31.6 Å². The van der Waals surface area contributed by atoms with Crippen LogP contribution in [-0.2, 0) is 0 Å². The Labute approximate surface area is 102 Å². The van der Waals surface area contributed by atoms with Crippen molar-refractivity contribution >= 4 is 5.82 Å². The van der Waals surface area contributed by atoms with Crippen LogP contribution in [0.1, 0.15) is 38.5 Å². The number of nitrogens with zero attached hydrogens (tertiary/aromatic N) is 2. The zero-order valence-corrected chi connectivity index (χ0v) is 10.2. The van der Waals surface area contributed by atoms with E-state index in [1.165, 1.54) is 19.3 Å². The van der Waals surface area contributed by atoms with Crippen LogP contribution in [0.25, 0.3) is 0 Å². The van der Waals surface area contributed by atoms with E-state index in [0.29, 0.717) is 5.92 Å². The maximum absolute atomic E-state index is 9.84. The van der Waals surface area contributed by atoms with Crippen LogP contribution in [0.15, 0.2) is 18.6 Å². The number of aromatic nitrogens is 2. The fraction of sp³-hybridized carbons (Fsp3) is 0.692. The smallest absolute Gasteiger partial charge is 0.144 e. The van der Waals surface area contributed by atoms with Crippen molar-refractivity contribution in [1.82, 2.24) is 9.97 Å². The van der Waals surface area contributed by atoms with Gasteiger partial charge in [0, 0.05) is 18.9 Å². The fourth-order valence-corrected chi connectivity index (χ4v) is 2.50. The third-order valence-corrected chi connectivity index (χ3v) is 3.49. The minimum Gasteiger partial charge on any atom is -0.393 e. The van der Waals surface area contributed by atoms with Crippen LogP contribution in [0.4, 0.5) is 5.82 Å². The Morgan fingerprint density at radius 3 is 2.94 bits per heavy atom. The Kier molecular flexibility index (Phi) is 4.74. The van der Waals surface area contributed by atoms with E-state index in [1.54, 1.807) is 18.6 Å². The summed E-state index contributed by atoms with van der Waals surface area (Å²) in [4.78, 5) is 8.16. The molecule has 4 heteroatoms. The lowest BCUT2D eigenvalue weighted by Crippen LogP contribution is -2.24. The Balaban J connectivity index is 1.63. The molecule has 1 aliphatic carbocycles.